The number of benzene rings is 1. The number of sulfonamides is 1. The van der Waals surface area contributed by atoms with Crippen molar-refractivity contribution in [3.05, 3.63) is 36.0 Å². The van der Waals surface area contributed by atoms with E-state index in [4.69, 9.17) is 4.52 Å². The SMILES string of the molecule is Cc1nc(CNc2ccc(S(=O)(=O)N(C)C)cc2)no1. The molecule has 1 aromatic heterocycles. The first kappa shape index (κ1) is 14.5. The fraction of sp³-hybridized carbons (Fsp3) is 0.333. The van der Waals surface area contributed by atoms with Crippen molar-refractivity contribution < 1.29 is 12.9 Å². The molecule has 2 rings (SSSR count). The van der Waals surface area contributed by atoms with Crippen molar-refractivity contribution in [3.8, 4) is 0 Å². The molecular formula is C12H16N4O3S. The zero-order valence-corrected chi connectivity index (χ0v) is 12.3. The minimum absolute atomic E-state index is 0.253. The molecule has 0 saturated carbocycles. The molecule has 2 aromatic rings. The Morgan fingerprint density at radius 3 is 2.40 bits per heavy atom. The molecule has 7 nitrogen and oxygen atoms in total. The fourth-order valence-corrected chi connectivity index (χ4v) is 2.45. The first-order chi connectivity index (χ1) is 9.39. The molecule has 1 N–H and O–H groups in total. The van der Waals surface area contributed by atoms with Crippen molar-refractivity contribution in [2.45, 2.75) is 18.4 Å². The number of nitrogens with zero attached hydrogens (tertiary/aromatic N) is 3. The van der Waals surface area contributed by atoms with Gasteiger partial charge in [-0.3, -0.25) is 0 Å². The van der Waals surface area contributed by atoms with Crippen LogP contribution in [0, 0.1) is 6.92 Å². The molecule has 108 valence electrons. The van der Waals surface area contributed by atoms with E-state index in [1.165, 1.54) is 18.4 Å². The standard InChI is InChI=1S/C12H16N4O3S/c1-9-14-12(15-19-9)8-13-10-4-6-11(7-5-10)20(17,18)16(2)3/h4-7,13H,8H2,1-3H3. The summed E-state index contributed by atoms with van der Waals surface area (Å²) in [6.45, 7) is 2.13. The summed E-state index contributed by atoms with van der Waals surface area (Å²) in [5, 5.41) is 6.85. The number of anilines is 1. The molecule has 0 amide bonds. The van der Waals surface area contributed by atoms with Crippen molar-refractivity contribution in [1.29, 1.82) is 0 Å². The van der Waals surface area contributed by atoms with Gasteiger partial charge in [-0.15, -0.1) is 0 Å². The van der Waals surface area contributed by atoms with Crippen LogP contribution < -0.4 is 5.32 Å². The quantitative estimate of drug-likeness (QED) is 0.893. The highest BCUT2D eigenvalue weighted by molar-refractivity contribution is 7.89. The highest BCUT2D eigenvalue weighted by atomic mass is 32.2. The highest BCUT2D eigenvalue weighted by Crippen LogP contribution is 2.16. The molecule has 20 heavy (non-hydrogen) atoms. The lowest BCUT2D eigenvalue weighted by molar-refractivity contribution is 0.388. The normalized spacial score (nSPS) is 11.8. The van der Waals surface area contributed by atoms with Crippen LogP contribution in [0.2, 0.25) is 0 Å². The van der Waals surface area contributed by atoms with Crippen molar-refractivity contribution in [1.82, 2.24) is 14.4 Å². The zero-order chi connectivity index (χ0) is 14.8. The van der Waals surface area contributed by atoms with Crippen LogP contribution in [0.4, 0.5) is 5.69 Å². The maximum Gasteiger partial charge on any atom is 0.242 e. The molecule has 0 bridgehead atoms. The highest BCUT2D eigenvalue weighted by Gasteiger charge is 2.16. The second-order valence-electron chi connectivity index (χ2n) is 4.39. The molecular weight excluding hydrogens is 280 g/mol. The van der Waals surface area contributed by atoms with Crippen LogP contribution in [0.5, 0.6) is 0 Å². The van der Waals surface area contributed by atoms with Crippen LogP contribution in [0.25, 0.3) is 0 Å². The lowest BCUT2D eigenvalue weighted by Crippen LogP contribution is -2.22. The van der Waals surface area contributed by atoms with Crippen LogP contribution in [0.1, 0.15) is 11.7 Å². The van der Waals surface area contributed by atoms with E-state index in [0.717, 1.165) is 5.69 Å². The predicted molar refractivity (Wildman–Crippen MR) is 73.7 cm³/mol. The van der Waals surface area contributed by atoms with Gasteiger partial charge >= 0.3 is 0 Å². The van der Waals surface area contributed by atoms with Gasteiger partial charge in [0.15, 0.2) is 5.82 Å². The summed E-state index contributed by atoms with van der Waals surface area (Å²) in [7, 11) is -0.391. The van der Waals surface area contributed by atoms with E-state index in [9.17, 15) is 8.42 Å². The summed E-state index contributed by atoms with van der Waals surface area (Å²) in [4.78, 5) is 4.32. The van der Waals surface area contributed by atoms with Gasteiger partial charge in [0, 0.05) is 26.7 Å². The zero-order valence-electron chi connectivity index (χ0n) is 11.5. The van der Waals surface area contributed by atoms with E-state index < -0.39 is 10.0 Å². The van der Waals surface area contributed by atoms with Crippen LogP contribution in [-0.2, 0) is 16.6 Å². The molecule has 0 spiro atoms. The van der Waals surface area contributed by atoms with Gasteiger partial charge in [-0.25, -0.2) is 12.7 Å². The molecule has 0 unspecified atom stereocenters. The Morgan fingerprint density at radius 1 is 1.25 bits per heavy atom. The van der Waals surface area contributed by atoms with Gasteiger partial charge in [0.1, 0.15) is 0 Å². The van der Waals surface area contributed by atoms with Crippen molar-refractivity contribution in [2.24, 2.45) is 0 Å². The van der Waals surface area contributed by atoms with Crippen molar-refractivity contribution >= 4 is 15.7 Å². The molecule has 8 heteroatoms. The Kier molecular flexibility index (Phi) is 4.05. The van der Waals surface area contributed by atoms with Crippen LogP contribution in [0.3, 0.4) is 0 Å². The molecule has 0 atom stereocenters. The first-order valence-corrected chi connectivity index (χ1v) is 7.39. The van der Waals surface area contributed by atoms with Crippen molar-refractivity contribution in [3.63, 3.8) is 0 Å². The molecule has 1 aromatic carbocycles. The molecule has 0 saturated heterocycles. The third kappa shape index (κ3) is 3.14. The fourth-order valence-electron chi connectivity index (χ4n) is 1.55. The summed E-state index contributed by atoms with van der Waals surface area (Å²) in [5.41, 5.74) is 0.783. The van der Waals surface area contributed by atoms with Gasteiger partial charge in [-0.1, -0.05) is 5.16 Å². The maximum atomic E-state index is 11.9. The lowest BCUT2D eigenvalue weighted by Gasteiger charge is -2.11. The molecule has 0 fully saturated rings. The lowest BCUT2D eigenvalue weighted by atomic mass is 10.3. The minimum atomic E-state index is -3.39. The average molecular weight is 296 g/mol. The first-order valence-electron chi connectivity index (χ1n) is 5.95. The van der Waals surface area contributed by atoms with Gasteiger partial charge in [0.25, 0.3) is 0 Å². The number of hydrogen-bond donors (Lipinski definition) is 1. The number of aryl methyl sites for hydroxylation is 1. The Hall–Kier alpha value is -1.93. The van der Waals surface area contributed by atoms with Gasteiger partial charge in [-0.2, -0.15) is 4.98 Å². The van der Waals surface area contributed by atoms with E-state index >= 15 is 0 Å². The largest absolute Gasteiger partial charge is 0.378 e. The van der Waals surface area contributed by atoms with Crippen LogP contribution in [-0.4, -0.2) is 37.0 Å². The van der Waals surface area contributed by atoms with E-state index in [-0.39, 0.29) is 4.90 Å². The summed E-state index contributed by atoms with van der Waals surface area (Å²) < 4.78 is 29.8. The van der Waals surface area contributed by atoms with Crippen LogP contribution in [0.15, 0.2) is 33.7 Å². The second-order valence-corrected chi connectivity index (χ2v) is 6.55. The molecule has 0 radical (unpaired) electrons. The summed E-state index contributed by atoms with van der Waals surface area (Å²) in [6.07, 6.45) is 0. The number of rotatable bonds is 5. The van der Waals surface area contributed by atoms with E-state index in [1.54, 1.807) is 31.2 Å². The van der Waals surface area contributed by atoms with Gasteiger partial charge in [-0.05, 0) is 24.3 Å². The summed E-state index contributed by atoms with van der Waals surface area (Å²) in [5.74, 6) is 1.06. The Morgan fingerprint density at radius 2 is 1.90 bits per heavy atom. The van der Waals surface area contributed by atoms with E-state index in [2.05, 4.69) is 15.5 Å². The van der Waals surface area contributed by atoms with Gasteiger partial charge < -0.3 is 9.84 Å². The Balaban J connectivity index is 2.05. The van der Waals surface area contributed by atoms with Gasteiger partial charge in [0.05, 0.1) is 11.4 Å². The second kappa shape index (κ2) is 5.59. The summed E-state index contributed by atoms with van der Waals surface area (Å²) in [6, 6.07) is 6.50. The smallest absolute Gasteiger partial charge is 0.242 e. The minimum Gasteiger partial charge on any atom is -0.378 e. The maximum absolute atomic E-state index is 11.9. The third-order valence-corrected chi connectivity index (χ3v) is 4.48. The van der Waals surface area contributed by atoms with Crippen LogP contribution >= 0.6 is 0 Å². The van der Waals surface area contributed by atoms with E-state index in [1.807, 2.05) is 0 Å². The Bertz CT molecular complexity index is 677. The Labute approximate surface area is 117 Å². The monoisotopic (exact) mass is 296 g/mol. The third-order valence-electron chi connectivity index (χ3n) is 2.65. The number of hydrogen-bond acceptors (Lipinski definition) is 6. The molecule has 0 aliphatic rings. The predicted octanol–water partition coefficient (Wildman–Crippen LogP) is 1.24. The molecule has 0 aliphatic carbocycles. The molecule has 1 heterocycles. The van der Waals surface area contributed by atoms with Gasteiger partial charge in [0.2, 0.25) is 15.9 Å². The summed E-state index contributed by atoms with van der Waals surface area (Å²) >= 11 is 0. The average Bonchev–Trinajstić information content (AvgIpc) is 2.82. The topological polar surface area (TPSA) is 88.3 Å². The number of aromatic nitrogens is 2. The van der Waals surface area contributed by atoms with E-state index in [0.29, 0.717) is 18.3 Å². The van der Waals surface area contributed by atoms with Crippen molar-refractivity contribution in [2.75, 3.05) is 19.4 Å². The number of nitrogens with one attached hydrogen (secondary N) is 1. The molecule has 0 aliphatic heterocycles.